The van der Waals surface area contributed by atoms with Crippen LogP contribution in [0.4, 0.5) is 0 Å². The maximum Gasteiger partial charge on any atom is 0.273 e. The molecule has 9 N–H and O–H groups in total. The predicted molar refractivity (Wildman–Crippen MR) is 67.6 cm³/mol. The van der Waals surface area contributed by atoms with Crippen LogP contribution in [0.1, 0.15) is 6.92 Å². The van der Waals surface area contributed by atoms with Gasteiger partial charge in [0.25, 0.3) is 5.91 Å². The van der Waals surface area contributed by atoms with Crippen LogP contribution in [0.25, 0.3) is 0 Å². The van der Waals surface area contributed by atoms with Gasteiger partial charge in [-0.2, -0.15) is 5.43 Å². The van der Waals surface area contributed by atoms with E-state index in [1.54, 1.807) is 0 Å². The number of aliphatic hydroxyl groups excluding tert-OH is 3. The van der Waals surface area contributed by atoms with Crippen molar-refractivity contribution in [1.82, 2.24) is 10.9 Å². The Hall–Kier alpha value is -0.920. The molecule has 0 spiro atoms. The van der Waals surface area contributed by atoms with Crippen molar-refractivity contribution < 1.29 is 35.1 Å². The van der Waals surface area contributed by atoms with Crippen molar-refractivity contribution in [2.45, 2.75) is 36.7 Å². The normalized spacial score (nSPS) is 41.2. The van der Waals surface area contributed by atoms with E-state index >= 15 is 0 Å². The second kappa shape index (κ2) is 5.83. The van der Waals surface area contributed by atoms with Gasteiger partial charge in [-0.1, -0.05) is 0 Å². The number of hydrazine groups is 1. The molecule has 5 atom stereocenters. The topological polar surface area (TPSA) is 178 Å². The standard InChI is InChI=1S/C9H17N3O7S/c1-3(14)8(17)5(15)4(2-13)19-9(18,6(8)16)12-11-7(10)20/h4-6,12-13,15-18H,2H2,1H3,(H3,10,11,20)/t4-,5+,6-,8+,9?/m1/s1. The first-order valence-electron chi connectivity index (χ1n) is 5.52. The Balaban J connectivity index is 3.14. The first-order chi connectivity index (χ1) is 9.09. The Morgan fingerprint density at radius 1 is 1.45 bits per heavy atom. The molecule has 11 heteroatoms. The fourth-order valence-electron chi connectivity index (χ4n) is 1.89. The molecule has 0 radical (unpaired) electrons. The lowest BCUT2D eigenvalue weighted by atomic mass is 9.79. The van der Waals surface area contributed by atoms with Crippen LogP contribution in [-0.4, -0.2) is 72.9 Å². The fraction of sp³-hybridized carbons (Fsp3) is 0.778. The minimum absolute atomic E-state index is 0.327. The number of ether oxygens (including phenoxy) is 1. The monoisotopic (exact) mass is 311 g/mol. The fourth-order valence-corrected chi connectivity index (χ4v) is 1.94. The van der Waals surface area contributed by atoms with Crippen molar-refractivity contribution in [1.29, 1.82) is 0 Å². The number of Topliss-reactive ketones (excluding diaryl/α,β-unsaturated/α-hetero) is 1. The van der Waals surface area contributed by atoms with Gasteiger partial charge in [0.15, 0.2) is 22.6 Å². The molecule has 0 aliphatic carbocycles. The van der Waals surface area contributed by atoms with Crippen molar-refractivity contribution in [3.8, 4) is 0 Å². The van der Waals surface area contributed by atoms with E-state index in [4.69, 9.17) is 15.6 Å². The molecule has 1 unspecified atom stereocenters. The molecule has 20 heavy (non-hydrogen) atoms. The zero-order valence-electron chi connectivity index (χ0n) is 10.5. The molecule has 116 valence electrons. The highest BCUT2D eigenvalue weighted by Crippen LogP contribution is 2.34. The third-order valence-corrected chi connectivity index (χ3v) is 3.13. The van der Waals surface area contributed by atoms with Crippen LogP contribution in [0.15, 0.2) is 0 Å². The van der Waals surface area contributed by atoms with Crippen molar-refractivity contribution in [3.63, 3.8) is 0 Å². The average Bonchev–Trinajstić information content (AvgIpc) is 2.38. The van der Waals surface area contributed by atoms with E-state index in [0.29, 0.717) is 0 Å². The first-order valence-corrected chi connectivity index (χ1v) is 5.93. The third kappa shape index (κ3) is 2.75. The van der Waals surface area contributed by atoms with Gasteiger partial charge < -0.3 is 36.0 Å². The molecule has 0 aromatic heterocycles. The summed E-state index contributed by atoms with van der Waals surface area (Å²) < 4.78 is 4.85. The summed E-state index contributed by atoms with van der Waals surface area (Å²) in [5.74, 6) is -3.76. The summed E-state index contributed by atoms with van der Waals surface area (Å²) in [4.78, 5) is 11.5. The van der Waals surface area contributed by atoms with Crippen LogP contribution >= 0.6 is 12.2 Å². The zero-order valence-corrected chi connectivity index (χ0v) is 11.3. The van der Waals surface area contributed by atoms with Crippen molar-refractivity contribution in [2.24, 2.45) is 5.73 Å². The van der Waals surface area contributed by atoms with E-state index in [0.717, 1.165) is 6.92 Å². The highest BCUT2D eigenvalue weighted by molar-refractivity contribution is 7.80. The summed E-state index contributed by atoms with van der Waals surface area (Å²) in [5, 5.41) is 48.8. The van der Waals surface area contributed by atoms with E-state index in [1.165, 1.54) is 0 Å². The van der Waals surface area contributed by atoms with Gasteiger partial charge in [0, 0.05) is 0 Å². The number of rotatable bonds is 4. The number of ketones is 1. The van der Waals surface area contributed by atoms with Crippen molar-refractivity contribution in [3.05, 3.63) is 0 Å². The quantitative estimate of drug-likeness (QED) is 0.142. The Morgan fingerprint density at radius 2 is 2.00 bits per heavy atom. The number of carbonyl (C=O) groups excluding carboxylic acids is 1. The first kappa shape index (κ1) is 17.1. The molecule has 0 bridgehead atoms. The number of nitrogens with two attached hydrogens (primary N) is 1. The molecule has 1 heterocycles. The second-order valence-corrected chi connectivity index (χ2v) is 4.82. The largest absolute Gasteiger partial charge is 0.394 e. The second-order valence-electron chi connectivity index (χ2n) is 4.38. The molecule has 1 aliphatic rings. The Kier molecular flexibility index (Phi) is 4.99. The van der Waals surface area contributed by atoms with E-state index in [9.17, 15) is 25.2 Å². The highest BCUT2D eigenvalue weighted by Gasteiger charge is 2.64. The summed E-state index contributed by atoms with van der Waals surface area (Å²) >= 11 is 4.47. The lowest BCUT2D eigenvalue weighted by molar-refractivity contribution is -0.379. The van der Waals surface area contributed by atoms with Gasteiger partial charge >= 0.3 is 0 Å². The Labute approximate surface area is 119 Å². The van der Waals surface area contributed by atoms with E-state index in [-0.39, 0.29) is 5.11 Å². The Morgan fingerprint density at radius 3 is 2.40 bits per heavy atom. The molecular formula is C9H17N3O7S. The van der Waals surface area contributed by atoms with Crippen molar-refractivity contribution in [2.75, 3.05) is 6.61 Å². The van der Waals surface area contributed by atoms with E-state index < -0.39 is 42.2 Å². The highest BCUT2D eigenvalue weighted by atomic mass is 32.1. The predicted octanol–water partition coefficient (Wildman–Crippen LogP) is -4.60. The number of thiocarbonyl (C=S) groups is 1. The molecule has 0 saturated carbocycles. The van der Waals surface area contributed by atoms with Crippen LogP contribution in [-0.2, 0) is 9.53 Å². The minimum Gasteiger partial charge on any atom is -0.394 e. The van der Waals surface area contributed by atoms with Gasteiger partial charge in [-0.05, 0) is 19.1 Å². The average molecular weight is 311 g/mol. The van der Waals surface area contributed by atoms with Crippen LogP contribution in [0.3, 0.4) is 0 Å². The molecule has 1 fully saturated rings. The number of carbonyl (C=O) groups is 1. The van der Waals surface area contributed by atoms with Gasteiger partial charge in [-0.25, -0.2) is 0 Å². The van der Waals surface area contributed by atoms with Crippen LogP contribution in [0.5, 0.6) is 0 Å². The molecule has 1 rings (SSSR count). The van der Waals surface area contributed by atoms with Crippen LogP contribution < -0.4 is 16.6 Å². The number of hydrogen-bond donors (Lipinski definition) is 8. The molecular weight excluding hydrogens is 294 g/mol. The van der Waals surface area contributed by atoms with E-state index in [1.807, 2.05) is 5.43 Å². The van der Waals surface area contributed by atoms with Gasteiger partial charge in [0.05, 0.1) is 6.61 Å². The van der Waals surface area contributed by atoms with E-state index in [2.05, 4.69) is 17.6 Å². The molecule has 10 nitrogen and oxygen atoms in total. The molecule has 0 aromatic rings. The van der Waals surface area contributed by atoms with Gasteiger partial charge in [-0.15, -0.1) is 0 Å². The van der Waals surface area contributed by atoms with Gasteiger partial charge in [0.2, 0.25) is 0 Å². The molecule has 0 aromatic carbocycles. The number of hydrogen-bond acceptors (Lipinski definition) is 9. The summed E-state index contributed by atoms with van der Waals surface area (Å²) in [6.07, 6.45) is -5.78. The third-order valence-electron chi connectivity index (χ3n) is 3.03. The van der Waals surface area contributed by atoms with Crippen molar-refractivity contribution >= 4 is 23.1 Å². The number of nitrogens with one attached hydrogen (secondary N) is 2. The summed E-state index contributed by atoms with van der Waals surface area (Å²) in [6, 6.07) is 0. The summed E-state index contributed by atoms with van der Waals surface area (Å²) in [5.41, 5.74) is 6.39. The maximum absolute atomic E-state index is 11.5. The molecule has 1 saturated heterocycles. The molecule has 0 amide bonds. The van der Waals surface area contributed by atoms with Gasteiger partial charge in [0.1, 0.15) is 12.2 Å². The summed E-state index contributed by atoms with van der Waals surface area (Å²) in [6.45, 7) is 0.0636. The lowest BCUT2D eigenvalue weighted by Gasteiger charge is -2.50. The van der Waals surface area contributed by atoms with Gasteiger partial charge in [-0.3, -0.25) is 10.2 Å². The Bertz CT molecular complexity index is 411. The SMILES string of the molecule is CC(=O)[C@]1(O)[C@@H](O)[C@@H](CO)OC(O)(NNC(N)=S)[C@@H]1O. The van der Waals surface area contributed by atoms with Crippen LogP contribution in [0, 0.1) is 0 Å². The smallest absolute Gasteiger partial charge is 0.273 e. The van der Waals surface area contributed by atoms with Crippen LogP contribution in [0.2, 0.25) is 0 Å². The number of aliphatic hydroxyl groups is 5. The summed E-state index contributed by atoms with van der Waals surface area (Å²) in [7, 11) is 0. The zero-order chi connectivity index (χ0) is 15.7. The molecule has 1 aliphatic heterocycles. The minimum atomic E-state index is -2.76. The lowest BCUT2D eigenvalue weighted by Crippen LogP contribution is -2.79. The maximum atomic E-state index is 11.5.